The molecule has 3 amide bonds. The summed E-state index contributed by atoms with van der Waals surface area (Å²) < 4.78 is 5.69. The van der Waals surface area contributed by atoms with Crippen LogP contribution in [0, 0.1) is 0 Å². The molecule has 3 N–H and O–H groups in total. The SMILES string of the molecule is CC[N+](C(=O)CN(Cc1ccc(OCc2ccccc2)cc1)C(=O)C(Cc1cnc[nH]1)NC(=O)O)(c1ccccc1)c1ccccn1. The smallest absolute Gasteiger partial charge is 0.405 e. The standard InChI is InChI=1S/C36H36N6O5/c1-2-42(30-13-7-4-8-14-30,33-15-9-10-20-38-33)34(43)24-41(35(44)32(40-36(45)46)21-29-22-37-26-39-29)23-27-16-18-31(19-17-27)47-25-28-11-5-3-6-12-28/h3-20,22,26,32,40H,2,21,23-25H2,1H3,(H-,37,39,45,46)/p+1. The Labute approximate surface area is 273 Å². The quantitative estimate of drug-likeness (QED) is 0.138. The number of pyridine rings is 1. The summed E-state index contributed by atoms with van der Waals surface area (Å²) >= 11 is 0. The number of ether oxygens (including phenoxy) is 1. The maximum atomic E-state index is 14.6. The highest BCUT2D eigenvalue weighted by Crippen LogP contribution is 2.33. The first-order valence-corrected chi connectivity index (χ1v) is 15.3. The zero-order chi connectivity index (χ0) is 33.1. The molecule has 5 rings (SSSR count). The number of imidazole rings is 1. The first-order valence-electron chi connectivity index (χ1n) is 15.3. The van der Waals surface area contributed by atoms with Crippen LogP contribution in [-0.2, 0) is 29.2 Å². The molecule has 240 valence electrons. The molecule has 0 radical (unpaired) electrons. The van der Waals surface area contributed by atoms with Gasteiger partial charge in [0.25, 0.3) is 0 Å². The van der Waals surface area contributed by atoms with Crippen molar-refractivity contribution < 1.29 is 24.2 Å². The number of hydrogen-bond acceptors (Lipinski definition) is 6. The molecule has 0 aliphatic rings. The predicted molar refractivity (Wildman–Crippen MR) is 178 cm³/mol. The van der Waals surface area contributed by atoms with E-state index in [1.807, 2.05) is 97.9 Å². The summed E-state index contributed by atoms with van der Waals surface area (Å²) in [4.78, 5) is 53.5. The molecule has 0 spiro atoms. The molecule has 0 fully saturated rings. The van der Waals surface area contributed by atoms with Crippen LogP contribution >= 0.6 is 0 Å². The molecule has 0 saturated carbocycles. The average molecular weight is 634 g/mol. The molecular formula is C36H37N6O5+. The number of amides is 3. The summed E-state index contributed by atoms with van der Waals surface area (Å²) in [6.45, 7) is 2.36. The lowest BCUT2D eigenvalue weighted by Crippen LogP contribution is -2.57. The van der Waals surface area contributed by atoms with Gasteiger partial charge < -0.3 is 25.0 Å². The normalized spacial score (nSPS) is 12.8. The van der Waals surface area contributed by atoms with Gasteiger partial charge in [-0.3, -0.25) is 4.79 Å². The first kappa shape index (κ1) is 32.6. The van der Waals surface area contributed by atoms with E-state index in [2.05, 4.69) is 20.3 Å². The number of carbonyl (C=O) groups is 3. The van der Waals surface area contributed by atoms with E-state index >= 15 is 0 Å². The van der Waals surface area contributed by atoms with Gasteiger partial charge in [0.15, 0.2) is 0 Å². The van der Waals surface area contributed by atoms with E-state index in [0.29, 0.717) is 36.1 Å². The fraction of sp³-hybridized carbons (Fsp3) is 0.194. The fourth-order valence-electron chi connectivity index (χ4n) is 5.52. The Bertz CT molecular complexity index is 1690. The number of quaternary nitrogens is 1. The molecule has 2 atom stereocenters. The molecule has 0 saturated heterocycles. The largest absolute Gasteiger partial charge is 0.489 e. The molecule has 2 heterocycles. The molecule has 2 aromatic heterocycles. The van der Waals surface area contributed by atoms with E-state index in [9.17, 15) is 19.5 Å². The third-order valence-corrected chi connectivity index (χ3v) is 7.90. The van der Waals surface area contributed by atoms with Gasteiger partial charge in [-0.1, -0.05) is 66.7 Å². The highest BCUT2D eigenvalue weighted by atomic mass is 16.5. The van der Waals surface area contributed by atoms with Crippen molar-refractivity contribution >= 4 is 29.4 Å². The Kier molecular flexibility index (Phi) is 10.7. The van der Waals surface area contributed by atoms with Crippen molar-refractivity contribution in [2.24, 2.45) is 0 Å². The highest BCUT2D eigenvalue weighted by molar-refractivity contribution is 5.98. The van der Waals surface area contributed by atoms with Gasteiger partial charge in [-0.05, 0) is 36.2 Å². The van der Waals surface area contributed by atoms with Crippen LogP contribution < -0.4 is 14.5 Å². The van der Waals surface area contributed by atoms with Crippen LogP contribution in [0.3, 0.4) is 0 Å². The van der Waals surface area contributed by atoms with Crippen LogP contribution in [0.4, 0.5) is 16.3 Å². The maximum Gasteiger partial charge on any atom is 0.405 e. The van der Waals surface area contributed by atoms with Crippen LogP contribution in [0.25, 0.3) is 0 Å². The Morgan fingerprint density at radius 1 is 0.915 bits per heavy atom. The van der Waals surface area contributed by atoms with Crippen molar-refractivity contribution in [2.75, 3.05) is 13.1 Å². The molecule has 3 aromatic carbocycles. The van der Waals surface area contributed by atoms with Crippen LogP contribution in [-0.4, -0.2) is 62.0 Å². The van der Waals surface area contributed by atoms with Crippen LogP contribution in [0.2, 0.25) is 0 Å². The number of H-pyrrole nitrogens is 1. The second kappa shape index (κ2) is 15.5. The number of para-hydroxylation sites is 1. The van der Waals surface area contributed by atoms with Gasteiger partial charge in [0, 0.05) is 49.3 Å². The Hall–Kier alpha value is -5.81. The number of aromatic nitrogens is 3. The number of rotatable bonds is 14. The zero-order valence-electron chi connectivity index (χ0n) is 26.0. The van der Waals surface area contributed by atoms with Gasteiger partial charge in [-0.25, -0.2) is 19.6 Å². The molecule has 11 heteroatoms. The summed E-state index contributed by atoms with van der Waals surface area (Å²) in [5.41, 5.74) is 3.04. The zero-order valence-corrected chi connectivity index (χ0v) is 26.0. The fourth-order valence-corrected chi connectivity index (χ4v) is 5.52. The number of carbonyl (C=O) groups excluding carboxylic acids is 2. The average Bonchev–Trinajstić information content (AvgIpc) is 3.62. The summed E-state index contributed by atoms with van der Waals surface area (Å²) in [5, 5.41) is 12.0. The van der Waals surface area contributed by atoms with Crippen molar-refractivity contribution in [3.63, 3.8) is 0 Å². The van der Waals surface area contributed by atoms with Crippen LogP contribution in [0.1, 0.15) is 23.7 Å². The Balaban J connectivity index is 1.46. The highest BCUT2D eigenvalue weighted by Gasteiger charge is 2.43. The minimum atomic E-state index is -1.36. The summed E-state index contributed by atoms with van der Waals surface area (Å²) in [7, 11) is 0. The predicted octanol–water partition coefficient (Wildman–Crippen LogP) is 5.48. The molecule has 0 bridgehead atoms. The number of nitrogens with zero attached hydrogens (tertiary/aromatic N) is 4. The number of aromatic amines is 1. The van der Waals surface area contributed by atoms with Crippen molar-refractivity contribution in [2.45, 2.75) is 32.5 Å². The number of nitrogens with one attached hydrogen (secondary N) is 2. The van der Waals surface area contributed by atoms with E-state index in [1.54, 1.807) is 18.3 Å². The Morgan fingerprint density at radius 3 is 2.23 bits per heavy atom. The van der Waals surface area contributed by atoms with E-state index in [-0.39, 0.29) is 29.9 Å². The number of hydrogen-bond donors (Lipinski definition) is 3. The number of likely N-dealkylation sites (N-methyl/N-ethyl adjacent to an activating group) is 1. The Morgan fingerprint density at radius 2 is 1.62 bits per heavy atom. The van der Waals surface area contributed by atoms with Gasteiger partial charge in [0.05, 0.1) is 12.9 Å². The van der Waals surface area contributed by atoms with Crippen molar-refractivity contribution in [3.05, 3.63) is 139 Å². The summed E-state index contributed by atoms with van der Waals surface area (Å²) in [6, 6.07) is 30.6. The van der Waals surface area contributed by atoms with Gasteiger partial charge >= 0.3 is 12.0 Å². The van der Waals surface area contributed by atoms with Crippen molar-refractivity contribution in [1.29, 1.82) is 0 Å². The molecule has 11 nitrogen and oxygen atoms in total. The monoisotopic (exact) mass is 633 g/mol. The van der Waals surface area contributed by atoms with Gasteiger partial charge in [-0.2, -0.15) is 4.48 Å². The van der Waals surface area contributed by atoms with Gasteiger partial charge in [-0.15, -0.1) is 0 Å². The van der Waals surface area contributed by atoms with E-state index in [4.69, 9.17) is 4.74 Å². The molecule has 47 heavy (non-hydrogen) atoms. The molecular weight excluding hydrogens is 596 g/mol. The lowest BCUT2D eigenvalue weighted by atomic mass is 10.1. The minimum absolute atomic E-state index is 0.0226. The second-order valence-electron chi connectivity index (χ2n) is 10.9. The molecule has 0 aliphatic heterocycles. The van der Waals surface area contributed by atoms with E-state index in [0.717, 1.165) is 11.1 Å². The maximum absolute atomic E-state index is 14.6. The summed E-state index contributed by atoms with van der Waals surface area (Å²) in [5.74, 6) is 0.306. The van der Waals surface area contributed by atoms with Crippen LogP contribution in [0.5, 0.6) is 5.75 Å². The lowest BCUT2D eigenvalue weighted by molar-refractivity contribution is -0.140. The van der Waals surface area contributed by atoms with Crippen LogP contribution in [0.15, 0.2) is 122 Å². The van der Waals surface area contributed by atoms with E-state index in [1.165, 1.54) is 17.4 Å². The topological polar surface area (TPSA) is 138 Å². The third kappa shape index (κ3) is 8.08. The second-order valence-corrected chi connectivity index (χ2v) is 10.9. The molecule has 0 aliphatic carbocycles. The van der Waals surface area contributed by atoms with Crippen molar-refractivity contribution in [1.82, 2.24) is 29.7 Å². The number of carboxylic acid groups (broad SMARTS) is 1. The lowest BCUT2D eigenvalue weighted by Gasteiger charge is -2.35. The third-order valence-electron chi connectivity index (χ3n) is 7.90. The molecule has 5 aromatic rings. The van der Waals surface area contributed by atoms with Crippen molar-refractivity contribution in [3.8, 4) is 5.75 Å². The number of benzene rings is 3. The molecule has 2 unspecified atom stereocenters. The van der Waals surface area contributed by atoms with Gasteiger partial charge in [0.1, 0.15) is 30.6 Å². The van der Waals surface area contributed by atoms with Gasteiger partial charge in [0.2, 0.25) is 11.7 Å². The first-order chi connectivity index (χ1) is 22.9. The summed E-state index contributed by atoms with van der Waals surface area (Å²) in [6.07, 6.45) is 3.29. The minimum Gasteiger partial charge on any atom is -0.489 e. The van der Waals surface area contributed by atoms with E-state index < -0.39 is 18.0 Å².